The molecule has 128 valence electrons. The van der Waals surface area contributed by atoms with Crippen LogP contribution in [-0.2, 0) is 11.2 Å². The Morgan fingerprint density at radius 3 is 2.62 bits per heavy atom. The van der Waals surface area contributed by atoms with E-state index in [0.717, 1.165) is 29.0 Å². The molecule has 1 amide bonds. The molecule has 0 aliphatic carbocycles. The summed E-state index contributed by atoms with van der Waals surface area (Å²) < 4.78 is 5.81. The van der Waals surface area contributed by atoms with Crippen LogP contribution < -0.4 is 10.1 Å². The zero-order valence-electron chi connectivity index (χ0n) is 15.1. The molecular formula is C21H27NO2. The average molecular weight is 325 g/mol. The maximum absolute atomic E-state index is 12.2. The van der Waals surface area contributed by atoms with Gasteiger partial charge in [0.05, 0.1) is 6.61 Å². The van der Waals surface area contributed by atoms with Crippen molar-refractivity contribution < 1.29 is 9.53 Å². The summed E-state index contributed by atoms with van der Waals surface area (Å²) in [6.45, 7) is 8.76. The quantitative estimate of drug-likeness (QED) is 0.730. The van der Waals surface area contributed by atoms with Gasteiger partial charge in [0.15, 0.2) is 0 Å². The van der Waals surface area contributed by atoms with Gasteiger partial charge in [-0.3, -0.25) is 4.79 Å². The van der Waals surface area contributed by atoms with Gasteiger partial charge >= 0.3 is 0 Å². The standard InChI is InChI=1S/C21H27NO2/c1-5-18-9-6-8-17(4)21(18)22-20(23)10-7-13-24-19-14-15(2)11-12-16(19)3/h6,8-9,11-12,14H,5,7,10,13H2,1-4H3,(H,22,23). The second-order valence-corrected chi connectivity index (χ2v) is 6.23. The fourth-order valence-electron chi connectivity index (χ4n) is 2.68. The number of benzene rings is 2. The number of para-hydroxylation sites is 1. The fraction of sp³-hybridized carbons (Fsp3) is 0.381. The number of anilines is 1. The van der Waals surface area contributed by atoms with Gasteiger partial charge in [0.1, 0.15) is 5.75 Å². The van der Waals surface area contributed by atoms with E-state index >= 15 is 0 Å². The highest BCUT2D eigenvalue weighted by Crippen LogP contribution is 2.22. The van der Waals surface area contributed by atoms with E-state index in [-0.39, 0.29) is 5.91 Å². The van der Waals surface area contributed by atoms with Crippen LogP contribution in [0.4, 0.5) is 5.69 Å². The molecule has 3 nitrogen and oxygen atoms in total. The monoisotopic (exact) mass is 325 g/mol. The maximum atomic E-state index is 12.2. The summed E-state index contributed by atoms with van der Waals surface area (Å²) in [7, 11) is 0. The number of hydrogen-bond donors (Lipinski definition) is 1. The van der Waals surface area contributed by atoms with Gasteiger partial charge in [-0.15, -0.1) is 0 Å². The van der Waals surface area contributed by atoms with E-state index in [1.165, 1.54) is 11.1 Å². The second kappa shape index (κ2) is 8.53. The summed E-state index contributed by atoms with van der Waals surface area (Å²) in [6.07, 6.45) is 2.07. The van der Waals surface area contributed by atoms with Gasteiger partial charge in [0.25, 0.3) is 0 Å². The smallest absolute Gasteiger partial charge is 0.224 e. The Hall–Kier alpha value is -2.29. The second-order valence-electron chi connectivity index (χ2n) is 6.23. The highest BCUT2D eigenvalue weighted by molar-refractivity contribution is 5.92. The molecule has 0 aromatic heterocycles. The fourth-order valence-corrected chi connectivity index (χ4v) is 2.68. The first-order valence-corrected chi connectivity index (χ1v) is 8.59. The van der Waals surface area contributed by atoms with Gasteiger partial charge in [-0.05, 0) is 61.9 Å². The summed E-state index contributed by atoms with van der Waals surface area (Å²) in [6, 6.07) is 12.3. The van der Waals surface area contributed by atoms with Gasteiger partial charge in [-0.1, -0.05) is 37.3 Å². The molecule has 24 heavy (non-hydrogen) atoms. The molecule has 3 heteroatoms. The van der Waals surface area contributed by atoms with E-state index in [0.29, 0.717) is 19.4 Å². The first-order chi connectivity index (χ1) is 11.5. The van der Waals surface area contributed by atoms with Crippen LogP contribution in [0.15, 0.2) is 36.4 Å². The summed E-state index contributed by atoms with van der Waals surface area (Å²) in [5.74, 6) is 0.950. The van der Waals surface area contributed by atoms with Gasteiger partial charge in [-0.25, -0.2) is 0 Å². The molecule has 0 spiro atoms. The summed E-state index contributed by atoms with van der Waals surface area (Å²) in [5, 5.41) is 3.05. The van der Waals surface area contributed by atoms with Crippen LogP contribution in [0.2, 0.25) is 0 Å². The van der Waals surface area contributed by atoms with Crippen molar-refractivity contribution in [3.8, 4) is 5.75 Å². The summed E-state index contributed by atoms with van der Waals surface area (Å²) in [4.78, 5) is 12.2. The number of nitrogens with one attached hydrogen (secondary N) is 1. The lowest BCUT2D eigenvalue weighted by atomic mass is 10.1. The van der Waals surface area contributed by atoms with E-state index in [1.807, 2.05) is 39.0 Å². The lowest BCUT2D eigenvalue weighted by Gasteiger charge is -2.13. The molecule has 2 aromatic carbocycles. The Kier molecular flexibility index (Phi) is 6.42. The minimum atomic E-state index is 0.0450. The molecule has 0 unspecified atom stereocenters. The van der Waals surface area contributed by atoms with Crippen molar-refractivity contribution in [2.45, 2.75) is 47.0 Å². The normalized spacial score (nSPS) is 10.5. The van der Waals surface area contributed by atoms with Crippen LogP contribution in [0.1, 0.15) is 42.0 Å². The van der Waals surface area contributed by atoms with E-state index in [2.05, 4.69) is 30.4 Å². The van der Waals surface area contributed by atoms with Crippen molar-refractivity contribution in [3.63, 3.8) is 0 Å². The average Bonchev–Trinajstić information content (AvgIpc) is 2.56. The van der Waals surface area contributed by atoms with Gasteiger partial charge in [-0.2, -0.15) is 0 Å². The SMILES string of the molecule is CCc1cccc(C)c1NC(=O)CCCOc1cc(C)ccc1C. The molecule has 2 rings (SSSR count). The largest absolute Gasteiger partial charge is 0.493 e. The van der Waals surface area contributed by atoms with Crippen molar-refractivity contribution in [3.05, 3.63) is 58.7 Å². The van der Waals surface area contributed by atoms with Crippen LogP contribution in [0.5, 0.6) is 5.75 Å². The summed E-state index contributed by atoms with van der Waals surface area (Å²) >= 11 is 0. The maximum Gasteiger partial charge on any atom is 0.224 e. The molecule has 0 bridgehead atoms. The molecule has 0 saturated heterocycles. The van der Waals surface area contributed by atoms with Crippen molar-refractivity contribution in [1.82, 2.24) is 0 Å². The van der Waals surface area contributed by atoms with Gasteiger partial charge in [0.2, 0.25) is 5.91 Å². The Morgan fingerprint density at radius 2 is 1.88 bits per heavy atom. The highest BCUT2D eigenvalue weighted by Gasteiger charge is 2.09. The Morgan fingerprint density at radius 1 is 1.08 bits per heavy atom. The van der Waals surface area contributed by atoms with Crippen molar-refractivity contribution >= 4 is 11.6 Å². The van der Waals surface area contributed by atoms with Crippen LogP contribution in [0.3, 0.4) is 0 Å². The molecule has 0 aliphatic rings. The van der Waals surface area contributed by atoms with Crippen LogP contribution in [0.25, 0.3) is 0 Å². The lowest BCUT2D eigenvalue weighted by molar-refractivity contribution is -0.116. The van der Waals surface area contributed by atoms with Crippen molar-refractivity contribution in [2.75, 3.05) is 11.9 Å². The third kappa shape index (κ3) is 4.85. The van der Waals surface area contributed by atoms with E-state index in [9.17, 15) is 4.79 Å². The van der Waals surface area contributed by atoms with Crippen LogP contribution >= 0.6 is 0 Å². The highest BCUT2D eigenvalue weighted by atomic mass is 16.5. The minimum Gasteiger partial charge on any atom is -0.493 e. The molecule has 2 aromatic rings. The molecule has 1 N–H and O–H groups in total. The number of aryl methyl sites for hydroxylation is 4. The Bertz CT molecular complexity index is 707. The molecule has 0 atom stereocenters. The van der Waals surface area contributed by atoms with Gasteiger partial charge < -0.3 is 10.1 Å². The zero-order chi connectivity index (χ0) is 17.5. The number of carbonyl (C=O) groups excluding carboxylic acids is 1. The number of rotatable bonds is 7. The first-order valence-electron chi connectivity index (χ1n) is 8.59. The summed E-state index contributed by atoms with van der Waals surface area (Å²) in [5.41, 5.74) is 5.54. The third-order valence-corrected chi connectivity index (χ3v) is 4.15. The van der Waals surface area contributed by atoms with Gasteiger partial charge in [0, 0.05) is 12.1 Å². The molecule has 0 heterocycles. The zero-order valence-corrected chi connectivity index (χ0v) is 15.1. The predicted molar refractivity (Wildman–Crippen MR) is 99.8 cm³/mol. The third-order valence-electron chi connectivity index (χ3n) is 4.15. The predicted octanol–water partition coefficient (Wildman–Crippen LogP) is 4.97. The van der Waals surface area contributed by atoms with Crippen LogP contribution in [-0.4, -0.2) is 12.5 Å². The number of ether oxygens (including phenoxy) is 1. The first kappa shape index (κ1) is 18.1. The van der Waals surface area contributed by atoms with E-state index in [1.54, 1.807) is 0 Å². The molecule has 0 aliphatic heterocycles. The number of carbonyl (C=O) groups is 1. The molecule has 0 saturated carbocycles. The minimum absolute atomic E-state index is 0.0450. The Balaban J connectivity index is 1.83. The Labute approximate surface area is 145 Å². The molecule has 0 fully saturated rings. The van der Waals surface area contributed by atoms with Crippen LogP contribution in [0, 0.1) is 20.8 Å². The van der Waals surface area contributed by atoms with Crippen molar-refractivity contribution in [2.24, 2.45) is 0 Å². The number of hydrogen-bond acceptors (Lipinski definition) is 2. The van der Waals surface area contributed by atoms with E-state index in [4.69, 9.17) is 4.74 Å². The number of amides is 1. The van der Waals surface area contributed by atoms with E-state index < -0.39 is 0 Å². The lowest BCUT2D eigenvalue weighted by Crippen LogP contribution is -2.15. The van der Waals surface area contributed by atoms with Crippen molar-refractivity contribution in [1.29, 1.82) is 0 Å². The topological polar surface area (TPSA) is 38.3 Å². The molecular weight excluding hydrogens is 298 g/mol. The molecule has 0 radical (unpaired) electrons.